The molecule has 2 nitrogen and oxygen atoms in total. The SMILES string of the molecule is OCCC#C[C@]12CCCC[C@H]1O2. The van der Waals surface area contributed by atoms with Gasteiger partial charge in [-0.1, -0.05) is 18.3 Å². The van der Waals surface area contributed by atoms with Gasteiger partial charge in [-0.3, -0.25) is 0 Å². The molecule has 1 N–H and O–H groups in total. The molecule has 1 saturated heterocycles. The van der Waals surface area contributed by atoms with Crippen LogP contribution in [0.15, 0.2) is 0 Å². The average molecular weight is 166 g/mol. The summed E-state index contributed by atoms with van der Waals surface area (Å²) in [6.45, 7) is 0.160. The number of rotatable bonds is 1. The van der Waals surface area contributed by atoms with Gasteiger partial charge < -0.3 is 9.84 Å². The van der Waals surface area contributed by atoms with Gasteiger partial charge in [0.15, 0.2) is 5.60 Å². The van der Waals surface area contributed by atoms with Crippen molar-refractivity contribution in [3.05, 3.63) is 0 Å². The molecule has 0 aromatic heterocycles. The number of hydrogen-bond donors (Lipinski definition) is 1. The second-order valence-electron chi connectivity index (χ2n) is 3.52. The Morgan fingerprint density at radius 3 is 3.17 bits per heavy atom. The maximum Gasteiger partial charge on any atom is 0.155 e. The highest BCUT2D eigenvalue weighted by Crippen LogP contribution is 2.47. The topological polar surface area (TPSA) is 32.8 Å². The molecule has 2 fully saturated rings. The first-order valence-corrected chi connectivity index (χ1v) is 4.66. The predicted octanol–water partition coefficient (Wildman–Crippen LogP) is 1.08. The molecule has 0 bridgehead atoms. The van der Waals surface area contributed by atoms with E-state index >= 15 is 0 Å². The summed E-state index contributed by atoms with van der Waals surface area (Å²) in [5, 5.41) is 8.55. The third-order valence-electron chi connectivity index (χ3n) is 2.62. The van der Waals surface area contributed by atoms with Crippen LogP contribution in [-0.2, 0) is 4.74 Å². The Bertz CT molecular complexity index is 226. The van der Waals surface area contributed by atoms with E-state index in [-0.39, 0.29) is 12.2 Å². The number of aliphatic hydroxyl groups excluding tert-OH is 1. The van der Waals surface area contributed by atoms with Crippen molar-refractivity contribution in [2.75, 3.05) is 6.61 Å². The molecule has 0 unspecified atom stereocenters. The van der Waals surface area contributed by atoms with E-state index in [9.17, 15) is 0 Å². The highest BCUT2D eigenvalue weighted by molar-refractivity contribution is 5.26. The van der Waals surface area contributed by atoms with Crippen molar-refractivity contribution in [1.82, 2.24) is 0 Å². The van der Waals surface area contributed by atoms with Gasteiger partial charge in [-0.05, 0) is 19.3 Å². The molecule has 0 radical (unpaired) electrons. The van der Waals surface area contributed by atoms with Crippen molar-refractivity contribution in [2.24, 2.45) is 0 Å². The van der Waals surface area contributed by atoms with Gasteiger partial charge in [-0.2, -0.15) is 0 Å². The first-order chi connectivity index (χ1) is 5.87. The Morgan fingerprint density at radius 1 is 1.50 bits per heavy atom. The van der Waals surface area contributed by atoms with Crippen LogP contribution < -0.4 is 0 Å². The van der Waals surface area contributed by atoms with Gasteiger partial charge in [0.1, 0.15) is 0 Å². The van der Waals surface area contributed by atoms with Crippen LogP contribution in [0.2, 0.25) is 0 Å². The molecular weight excluding hydrogens is 152 g/mol. The van der Waals surface area contributed by atoms with E-state index in [2.05, 4.69) is 11.8 Å². The van der Waals surface area contributed by atoms with E-state index in [0.717, 1.165) is 6.42 Å². The second-order valence-corrected chi connectivity index (χ2v) is 3.52. The Labute approximate surface area is 72.9 Å². The molecule has 2 atom stereocenters. The van der Waals surface area contributed by atoms with Gasteiger partial charge in [-0.25, -0.2) is 0 Å². The summed E-state index contributed by atoms with van der Waals surface area (Å²) in [6, 6.07) is 0. The molecule has 0 spiro atoms. The molecule has 1 saturated carbocycles. The van der Waals surface area contributed by atoms with E-state index in [1.165, 1.54) is 19.3 Å². The summed E-state index contributed by atoms with van der Waals surface area (Å²) in [6.07, 6.45) is 5.79. The molecule has 1 heterocycles. The minimum Gasteiger partial charge on any atom is -0.395 e. The predicted molar refractivity (Wildman–Crippen MR) is 45.6 cm³/mol. The van der Waals surface area contributed by atoms with Crippen LogP contribution in [0.4, 0.5) is 0 Å². The molecule has 66 valence electrons. The Morgan fingerprint density at radius 2 is 2.42 bits per heavy atom. The highest BCUT2D eigenvalue weighted by Gasteiger charge is 2.56. The average Bonchev–Trinajstić information content (AvgIpc) is 2.79. The fourth-order valence-corrected chi connectivity index (χ4v) is 1.89. The fraction of sp³-hybridized carbons (Fsp3) is 0.800. The lowest BCUT2D eigenvalue weighted by atomic mass is 9.89. The van der Waals surface area contributed by atoms with Crippen LogP contribution in [-0.4, -0.2) is 23.4 Å². The lowest BCUT2D eigenvalue weighted by Crippen LogP contribution is -2.16. The summed E-state index contributed by atoms with van der Waals surface area (Å²) in [5.41, 5.74) is -0.0760. The Kier molecular flexibility index (Phi) is 2.08. The van der Waals surface area contributed by atoms with E-state index in [4.69, 9.17) is 9.84 Å². The van der Waals surface area contributed by atoms with Crippen LogP contribution >= 0.6 is 0 Å². The van der Waals surface area contributed by atoms with Gasteiger partial charge in [0.05, 0.1) is 12.7 Å². The summed E-state index contributed by atoms with van der Waals surface area (Å²) >= 11 is 0. The number of aliphatic hydroxyl groups is 1. The third-order valence-corrected chi connectivity index (χ3v) is 2.62. The first kappa shape index (κ1) is 8.10. The summed E-state index contributed by atoms with van der Waals surface area (Å²) in [4.78, 5) is 0. The fourth-order valence-electron chi connectivity index (χ4n) is 1.89. The largest absolute Gasteiger partial charge is 0.395 e. The van der Waals surface area contributed by atoms with Crippen LogP contribution in [0, 0.1) is 11.8 Å². The van der Waals surface area contributed by atoms with Crippen LogP contribution in [0.3, 0.4) is 0 Å². The smallest absolute Gasteiger partial charge is 0.155 e. The van der Waals surface area contributed by atoms with E-state index in [1.807, 2.05) is 0 Å². The molecular formula is C10H14O2. The molecule has 12 heavy (non-hydrogen) atoms. The van der Waals surface area contributed by atoms with Gasteiger partial charge in [0, 0.05) is 6.42 Å². The zero-order valence-corrected chi connectivity index (χ0v) is 7.18. The van der Waals surface area contributed by atoms with Crippen molar-refractivity contribution in [3.63, 3.8) is 0 Å². The molecule has 0 amide bonds. The normalized spacial score (nSPS) is 37.9. The summed E-state index contributed by atoms with van der Waals surface area (Å²) < 4.78 is 5.56. The molecule has 0 aromatic rings. The van der Waals surface area contributed by atoms with Crippen LogP contribution in [0.25, 0.3) is 0 Å². The van der Waals surface area contributed by atoms with Gasteiger partial charge >= 0.3 is 0 Å². The number of hydrogen-bond acceptors (Lipinski definition) is 2. The zero-order chi connectivity index (χ0) is 8.44. The lowest BCUT2D eigenvalue weighted by molar-refractivity contribution is 0.304. The van der Waals surface area contributed by atoms with Crippen molar-refractivity contribution >= 4 is 0 Å². The summed E-state index contributed by atoms with van der Waals surface area (Å²) in [7, 11) is 0. The first-order valence-electron chi connectivity index (χ1n) is 4.66. The summed E-state index contributed by atoms with van der Waals surface area (Å²) in [5.74, 6) is 6.10. The number of ether oxygens (including phenoxy) is 1. The van der Waals surface area contributed by atoms with E-state index < -0.39 is 0 Å². The molecule has 2 aliphatic rings. The maximum absolute atomic E-state index is 8.55. The van der Waals surface area contributed by atoms with Gasteiger partial charge in [0.2, 0.25) is 0 Å². The lowest BCUT2D eigenvalue weighted by Gasteiger charge is -2.09. The minimum absolute atomic E-state index is 0.0760. The van der Waals surface area contributed by atoms with Gasteiger partial charge in [-0.15, -0.1) is 0 Å². The van der Waals surface area contributed by atoms with Crippen molar-refractivity contribution < 1.29 is 9.84 Å². The van der Waals surface area contributed by atoms with Crippen LogP contribution in [0.1, 0.15) is 32.1 Å². The molecule has 1 aliphatic carbocycles. The number of epoxide rings is 1. The molecule has 1 aliphatic heterocycles. The molecule has 2 rings (SSSR count). The zero-order valence-electron chi connectivity index (χ0n) is 7.18. The minimum atomic E-state index is -0.0760. The van der Waals surface area contributed by atoms with Gasteiger partial charge in [0.25, 0.3) is 0 Å². The third kappa shape index (κ3) is 1.35. The molecule has 2 heteroatoms. The van der Waals surface area contributed by atoms with Crippen molar-refractivity contribution in [1.29, 1.82) is 0 Å². The highest BCUT2D eigenvalue weighted by atomic mass is 16.6. The quantitative estimate of drug-likeness (QED) is 0.467. The Hall–Kier alpha value is -0.520. The monoisotopic (exact) mass is 166 g/mol. The van der Waals surface area contributed by atoms with Crippen molar-refractivity contribution in [2.45, 2.75) is 43.8 Å². The Balaban J connectivity index is 1.92. The van der Waals surface area contributed by atoms with E-state index in [1.54, 1.807) is 0 Å². The van der Waals surface area contributed by atoms with Crippen molar-refractivity contribution in [3.8, 4) is 11.8 Å². The van der Waals surface area contributed by atoms with E-state index in [0.29, 0.717) is 12.5 Å². The van der Waals surface area contributed by atoms with Crippen LogP contribution in [0.5, 0.6) is 0 Å². The maximum atomic E-state index is 8.55. The molecule has 0 aromatic carbocycles. The second kappa shape index (κ2) is 3.08. The number of fused-ring (bicyclic) bond motifs is 1. The standard InChI is InChI=1S/C10H14O2/c11-8-4-3-7-10-6-2-1-5-9(10)12-10/h9,11H,1-2,4-6,8H2/t9-,10-/m1/s1.